The Morgan fingerprint density at radius 1 is 1.23 bits per heavy atom. The van der Waals surface area contributed by atoms with Crippen LogP contribution < -0.4 is 10.6 Å². The molecular weight excluding hydrogens is 398 g/mol. The molecule has 1 aromatic carbocycles. The third kappa shape index (κ3) is 7.58. The predicted molar refractivity (Wildman–Crippen MR) is 98.2 cm³/mol. The van der Waals surface area contributed by atoms with Crippen molar-refractivity contribution < 1.29 is 9.18 Å². The second kappa shape index (κ2) is 11.2. The Bertz CT molecular complexity index is 494. The number of aliphatic imine (C=N–C) groups is 1. The molecule has 0 fully saturated rings. The van der Waals surface area contributed by atoms with Crippen LogP contribution in [0.25, 0.3) is 0 Å². The van der Waals surface area contributed by atoms with E-state index in [4.69, 9.17) is 0 Å². The average molecular weight is 422 g/mol. The normalized spacial score (nSPS) is 10.6. The summed E-state index contributed by atoms with van der Waals surface area (Å²) in [4.78, 5) is 17.0. The van der Waals surface area contributed by atoms with Gasteiger partial charge in [0.2, 0.25) is 5.91 Å². The summed E-state index contributed by atoms with van der Waals surface area (Å²) in [6.45, 7) is 1.08. The van der Waals surface area contributed by atoms with Gasteiger partial charge in [0.05, 0.1) is 0 Å². The number of carbonyl (C=O) groups excluding carboxylic acids is 1. The van der Waals surface area contributed by atoms with Gasteiger partial charge < -0.3 is 15.5 Å². The van der Waals surface area contributed by atoms with Crippen LogP contribution in [-0.2, 0) is 11.2 Å². The first-order valence-corrected chi connectivity index (χ1v) is 6.92. The zero-order valence-corrected chi connectivity index (χ0v) is 15.6. The molecule has 0 heterocycles. The zero-order valence-electron chi connectivity index (χ0n) is 13.2. The Kier molecular flexibility index (Phi) is 10.5. The van der Waals surface area contributed by atoms with Gasteiger partial charge in [-0.3, -0.25) is 9.79 Å². The number of hydrogen-bond acceptors (Lipinski definition) is 2. The van der Waals surface area contributed by atoms with E-state index in [9.17, 15) is 9.18 Å². The lowest BCUT2D eigenvalue weighted by Crippen LogP contribution is -2.40. The summed E-state index contributed by atoms with van der Waals surface area (Å²) in [5.74, 6) is 0.473. The average Bonchev–Trinajstić information content (AvgIpc) is 2.47. The predicted octanol–water partition coefficient (Wildman–Crippen LogP) is 1.63. The molecule has 7 heteroatoms. The number of nitrogens with zero attached hydrogens (tertiary/aromatic N) is 2. The standard InChI is InChI=1S/C15H23FN4O.HI/c1-17-15(19-11-9-14(21)20(2)3)18-10-8-12-6-4-5-7-13(12)16;/h4-7H,8-11H2,1-3H3,(H2,17,18,19);1H. The minimum absolute atomic E-state index is 0. The minimum atomic E-state index is -0.196. The fourth-order valence-electron chi connectivity index (χ4n) is 1.75. The quantitative estimate of drug-likeness (QED) is 0.417. The van der Waals surface area contributed by atoms with Crippen molar-refractivity contribution in [3.63, 3.8) is 0 Å². The van der Waals surface area contributed by atoms with E-state index in [1.807, 2.05) is 6.07 Å². The van der Waals surface area contributed by atoms with E-state index in [0.717, 1.165) is 0 Å². The molecule has 0 bridgehead atoms. The van der Waals surface area contributed by atoms with Gasteiger partial charge in [0.15, 0.2) is 5.96 Å². The number of guanidine groups is 1. The molecule has 0 saturated carbocycles. The van der Waals surface area contributed by atoms with Gasteiger partial charge in [-0.25, -0.2) is 4.39 Å². The number of rotatable bonds is 6. The number of amides is 1. The van der Waals surface area contributed by atoms with Gasteiger partial charge in [-0.2, -0.15) is 0 Å². The molecule has 0 aromatic heterocycles. The van der Waals surface area contributed by atoms with Crippen molar-refractivity contribution in [2.24, 2.45) is 4.99 Å². The van der Waals surface area contributed by atoms with Gasteiger partial charge in [-0.05, 0) is 18.1 Å². The topological polar surface area (TPSA) is 56.7 Å². The summed E-state index contributed by atoms with van der Waals surface area (Å²) in [5.41, 5.74) is 0.670. The summed E-state index contributed by atoms with van der Waals surface area (Å²) >= 11 is 0. The maximum absolute atomic E-state index is 13.4. The fraction of sp³-hybridized carbons (Fsp3) is 0.467. The summed E-state index contributed by atoms with van der Waals surface area (Å²) in [6.07, 6.45) is 0.977. The molecule has 0 aliphatic rings. The van der Waals surface area contributed by atoms with Crippen LogP contribution in [0.4, 0.5) is 4.39 Å². The maximum atomic E-state index is 13.4. The monoisotopic (exact) mass is 422 g/mol. The molecule has 0 aliphatic heterocycles. The number of halogens is 2. The summed E-state index contributed by atoms with van der Waals surface area (Å²) in [6, 6.07) is 6.71. The largest absolute Gasteiger partial charge is 0.356 e. The smallest absolute Gasteiger partial charge is 0.223 e. The van der Waals surface area contributed by atoms with E-state index in [1.165, 1.54) is 6.07 Å². The van der Waals surface area contributed by atoms with Crippen LogP contribution in [-0.4, -0.2) is 51.0 Å². The number of nitrogens with one attached hydrogen (secondary N) is 2. The zero-order chi connectivity index (χ0) is 15.7. The van der Waals surface area contributed by atoms with Gasteiger partial charge in [-0.15, -0.1) is 24.0 Å². The Morgan fingerprint density at radius 2 is 1.86 bits per heavy atom. The van der Waals surface area contributed by atoms with Crippen molar-refractivity contribution in [3.8, 4) is 0 Å². The Balaban J connectivity index is 0.00000441. The lowest BCUT2D eigenvalue weighted by molar-refractivity contribution is -0.128. The molecule has 0 saturated heterocycles. The Hall–Kier alpha value is -1.38. The van der Waals surface area contributed by atoms with Gasteiger partial charge in [0, 0.05) is 40.7 Å². The highest BCUT2D eigenvalue weighted by molar-refractivity contribution is 14.0. The number of hydrogen-bond donors (Lipinski definition) is 2. The summed E-state index contributed by atoms with van der Waals surface area (Å²) < 4.78 is 13.4. The maximum Gasteiger partial charge on any atom is 0.223 e. The van der Waals surface area contributed by atoms with Crippen molar-refractivity contribution in [2.45, 2.75) is 12.8 Å². The molecule has 0 spiro atoms. The van der Waals surface area contributed by atoms with Crippen LogP contribution in [0.1, 0.15) is 12.0 Å². The molecule has 124 valence electrons. The molecule has 2 N–H and O–H groups in total. The van der Waals surface area contributed by atoms with E-state index < -0.39 is 0 Å². The van der Waals surface area contributed by atoms with E-state index in [1.54, 1.807) is 38.2 Å². The van der Waals surface area contributed by atoms with Crippen molar-refractivity contribution in [1.82, 2.24) is 15.5 Å². The number of benzene rings is 1. The first kappa shape index (κ1) is 20.6. The van der Waals surface area contributed by atoms with Crippen molar-refractivity contribution in [1.29, 1.82) is 0 Å². The fourth-order valence-corrected chi connectivity index (χ4v) is 1.75. The SMILES string of the molecule is CN=C(NCCC(=O)N(C)C)NCCc1ccccc1F.I. The van der Waals surface area contributed by atoms with Crippen molar-refractivity contribution in [3.05, 3.63) is 35.6 Å². The van der Waals surface area contributed by atoms with Gasteiger partial charge in [0.1, 0.15) is 5.82 Å². The van der Waals surface area contributed by atoms with Crippen LogP contribution in [0.3, 0.4) is 0 Å². The number of carbonyl (C=O) groups is 1. The molecule has 22 heavy (non-hydrogen) atoms. The van der Waals surface area contributed by atoms with Crippen LogP contribution in [0, 0.1) is 5.82 Å². The Labute approximate surface area is 148 Å². The van der Waals surface area contributed by atoms with E-state index in [0.29, 0.717) is 37.5 Å². The molecule has 0 atom stereocenters. The lowest BCUT2D eigenvalue weighted by Gasteiger charge is -2.13. The lowest BCUT2D eigenvalue weighted by atomic mass is 10.1. The summed E-state index contributed by atoms with van der Waals surface area (Å²) in [7, 11) is 5.11. The molecule has 0 radical (unpaired) electrons. The molecular formula is C15H24FIN4O. The van der Waals surface area contributed by atoms with Crippen LogP contribution in [0.2, 0.25) is 0 Å². The van der Waals surface area contributed by atoms with E-state index in [-0.39, 0.29) is 35.7 Å². The van der Waals surface area contributed by atoms with E-state index in [2.05, 4.69) is 15.6 Å². The molecule has 0 unspecified atom stereocenters. The molecule has 0 aliphatic carbocycles. The second-order valence-corrected chi connectivity index (χ2v) is 4.81. The highest BCUT2D eigenvalue weighted by Crippen LogP contribution is 2.05. The van der Waals surface area contributed by atoms with Crippen LogP contribution >= 0.6 is 24.0 Å². The van der Waals surface area contributed by atoms with Gasteiger partial charge >= 0.3 is 0 Å². The third-order valence-electron chi connectivity index (χ3n) is 3.00. The van der Waals surface area contributed by atoms with Crippen LogP contribution in [0.5, 0.6) is 0 Å². The first-order valence-electron chi connectivity index (χ1n) is 6.92. The third-order valence-corrected chi connectivity index (χ3v) is 3.00. The van der Waals surface area contributed by atoms with E-state index >= 15 is 0 Å². The van der Waals surface area contributed by atoms with Crippen molar-refractivity contribution in [2.75, 3.05) is 34.2 Å². The molecule has 5 nitrogen and oxygen atoms in total. The highest BCUT2D eigenvalue weighted by Gasteiger charge is 2.05. The molecule has 1 aromatic rings. The molecule has 1 amide bonds. The second-order valence-electron chi connectivity index (χ2n) is 4.81. The van der Waals surface area contributed by atoms with Gasteiger partial charge in [-0.1, -0.05) is 18.2 Å². The van der Waals surface area contributed by atoms with Gasteiger partial charge in [0.25, 0.3) is 0 Å². The Morgan fingerprint density at radius 3 is 2.45 bits per heavy atom. The first-order chi connectivity index (χ1) is 10.0. The molecule has 1 rings (SSSR count). The highest BCUT2D eigenvalue weighted by atomic mass is 127. The van der Waals surface area contributed by atoms with Crippen molar-refractivity contribution >= 4 is 35.8 Å². The minimum Gasteiger partial charge on any atom is -0.356 e. The summed E-state index contributed by atoms with van der Waals surface area (Å²) in [5, 5.41) is 6.15. The van der Waals surface area contributed by atoms with Crippen LogP contribution in [0.15, 0.2) is 29.3 Å².